The van der Waals surface area contributed by atoms with Crippen molar-refractivity contribution in [1.82, 2.24) is 19.7 Å². The van der Waals surface area contributed by atoms with Crippen LogP contribution in [0.3, 0.4) is 0 Å². The van der Waals surface area contributed by atoms with Gasteiger partial charge in [0.2, 0.25) is 0 Å². The lowest BCUT2D eigenvalue weighted by atomic mass is 10.2. The van der Waals surface area contributed by atoms with Crippen LogP contribution in [0.1, 0.15) is 0 Å². The van der Waals surface area contributed by atoms with Gasteiger partial charge in [0.15, 0.2) is 11.0 Å². The van der Waals surface area contributed by atoms with Gasteiger partial charge in [-0.2, -0.15) is 5.10 Å². The summed E-state index contributed by atoms with van der Waals surface area (Å²) in [5.74, 6) is 0.774. The second-order valence-electron chi connectivity index (χ2n) is 3.62. The first-order chi connectivity index (χ1) is 8.79. The van der Waals surface area contributed by atoms with Gasteiger partial charge in [0.05, 0.1) is 5.52 Å². The molecule has 0 fully saturated rings. The highest BCUT2D eigenvalue weighted by molar-refractivity contribution is 9.10. The van der Waals surface area contributed by atoms with Gasteiger partial charge < -0.3 is 0 Å². The number of nitrogens with zero attached hydrogens (tertiary/aromatic N) is 4. The molecule has 0 spiro atoms. The zero-order valence-corrected chi connectivity index (χ0v) is 11.9. The second kappa shape index (κ2) is 4.70. The average Bonchev–Trinajstić information content (AvgIpc) is 2.77. The van der Waals surface area contributed by atoms with Crippen LogP contribution in [0.5, 0.6) is 0 Å². The molecule has 0 saturated heterocycles. The molecule has 0 bridgehead atoms. The minimum Gasteiger partial charge on any atom is -0.231 e. The summed E-state index contributed by atoms with van der Waals surface area (Å²) in [5.41, 5.74) is 1.02. The van der Waals surface area contributed by atoms with Crippen molar-refractivity contribution < 1.29 is 0 Å². The van der Waals surface area contributed by atoms with Crippen LogP contribution < -0.4 is 0 Å². The van der Waals surface area contributed by atoms with E-state index in [1.807, 2.05) is 41.3 Å². The molecule has 3 rings (SSSR count). The van der Waals surface area contributed by atoms with E-state index < -0.39 is 0 Å². The Morgan fingerprint density at radius 2 is 2.06 bits per heavy atom. The molecule has 1 aromatic carbocycles. The van der Waals surface area contributed by atoms with E-state index in [0.29, 0.717) is 0 Å². The van der Waals surface area contributed by atoms with Crippen molar-refractivity contribution in [3.05, 3.63) is 41.1 Å². The SMILES string of the molecule is CSc1nccc(-n2nc(Br)c3ccccc32)n1. The van der Waals surface area contributed by atoms with Crippen molar-refractivity contribution in [2.45, 2.75) is 5.16 Å². The van der Waals surface area contributed by atoms with E-state index in [4.69, 9.17) is 0 Å². The Morgan fingerprint density at radius 1 is 1.22 bits per heavy atom. The number of halogens is 1. The van der Waals surface area contributed by atoms with Crippen LogP contribution in [0.4, 0.5) is 0 Å². The molecule has 0 amide bonds. The van der Waals surface area contributed by atoms with E-state index in [1.165, 1.54) is 11.8 Å². The molecule has 18 heavy (non-hydrogen) atoms. The first-order valence-corrected chi connectivity index (χ1v) is 7.32. The lowest BCUT2D eigenvalue weighted by molar-refractivity contribution is 0.821. The average molecular weight is 321 g/mol. The van der Waals surface area contributed by atoms with Crippen molar-refractivity contribution in [3.8, 4) is 5.82 Å². The summed E-state index contributed by atoms with van der Waals surface area (Å²) >= 11 is 4.98. The van der Waals surface area contributed by atoms with Gasteiger partial charge in [0, 0.05) is 17.6 Å². The fourth-order valence-corrected chi connectivity index (χ4v) is 2.60. The Morgan fingerprint density at radius 3 is 2.89 bits per heavy atom. The van der Waals surface area contributed by atoms with Crippen LogP contribution in [0, 0.1) is 0 Å². The molecule has 3 aromatic rings. The van der Waals surface area contributed by atoms with E-state index >= 15 is 0 Å². The van der Waals surface area contributed by atoms with Crippen molar-refractivity contribution >= 4 is 38.6 Å². The lowest BCUT2D eigenvalue weighted by Gasteiger charge is -2.03. The number of hydrogen-bond acceptors (Lipinski definition) is 4. The lowest BCUT2D eigenvalue weighted by Crippen LogP contribution is -2.00. The number of rotatable bonds is 2. The maximum atomic E-state index is 4.47. The normalized spacial score (nSPS) is 11.0. The Kier molecular flexibility index (Phi) is 3.05. The summed E-state index contributed by atoms with van der Waals surface area (Å²) in [6.45, 7) is 0. The minimum atomic E-state index is 0.739. The molecule has 2 heterocycles. The molecule has 0 saturated carbocycles. The minimum absolute atomic E-state index is 0.739. The summed E-state index contributed by atoms with van der Waals surface area (Å²) in [7, 11) is 0. The van der Waals surface area contributed by atoms with Crippen molar-refractivity contribution in [2.24, 2.45) is 0 Å². The van der Waals surface area contributed by atoms with Crippen molar-refractivity contribution in [2.75, 3.05) is 6.26 Å². The van der Waals surface area contributed by atoms with E-state index in [2.05, 4.69) is 31.0 Å². The van der Waals surface area contributed by atoms with Gasteiger partial charge in [-0.1, -0.05) is 30.0 Å². The number of fused-ring (bicyclic) bond motifs is 1. The van der Waals surface area contributed by atoms with E-state index in [9.17, 15) is 0 Å². The predicted octanol–water partition coefficient (Wildman–Crippen LogP) is 3.30. The summed E-state index contributed by atoms with van der Waals surface area (Å²) in [5, 5.41) is 6.28. The second-order valence-corrected chi connectivity index (χ2v) is 5.15. The first-order valence-electron chi connectivity index (χ1n) is 5.30. The number of thioether (sulfide) groups is 1. The van der Waals surface area contributed by atoms with Gasteiger partial charge in [-0.15, -0.1) is 0 Å². The van der Waals surface area contributed by atoms with Gasteiger partial charge in [-0.25, -0.2) is 14.6 Å². The molecule has 0 aliphatic rings. The van der Waals surface area contributed by atoms with E-state index in [1.54, 1.807) is 6.20 Å². The predicted molar refractivity (Wildman–Crippen MR) is 76.1 cm³/mol. The molecule has 6 heteroatoms. The van der Waals surface area contributed by atoms with Crippen LogP contribution in [0.25, 0.3) is 16.7 Å². The first kappa shape index (κ1) is 11.7. The van der Waals surface area contributed by atoms with E-state index in [0.717, 1.165) is 26.5 Å². The van der Waals surface area contributed by atoms with Crippen LogP contribution in [-0.4, -0.2) is 26.0 Å². The maximum absolute atomic E-state index is 4.47. The molecule has 0 N–H and O–H groups in total. The third kappa shape index (κ3) is 1.91. The maximum Gasteiger partial charge on any atom is 0.189 e. The molecule has 0 atom stereocenters. The number of benzene rings is 1. The summed E-state index contributed by atoms with van der Waals surface area (Å²) in [4.78, 5) is 8.63. The Balaban J connectivity index is 2.25. The van der Waals surface area contributed by atoms with Gasteiger partial charge in [0.25, 0.3) is 0 Å². The fourth-order valence-electron chi connectivity index (χ4n) is 1.75. The standard InChI is InChI=1S/C12H9BrN4S/c1-18-12-14-7-6-10(15-12)17-9-5-3-2-4-8(9)11(13)16-17/h2-7H,1H3. The Bertz CT molecular complexity index is 710. The molecular weight excluding hydrogens is 312 g/mol. The summed E-state index contributed by atoms with van der Waals surface area (Å²) in [6.07, 6.45) is 3.70. The third-order valence-electron chi connectivity index (χ3n) is 2.56. The molecule has 0 radical (unpaired) electrons. The smallest absolute Gasteiger partial charge is 0.189 e. The number of aromatic nitrogens is 4. The highest BCUT2D eigenvalue weighted by Gasteiger charge is 2.10. The van der Waals surface area contributed by atoms with Crippen LogP contribution >= 0.6 is 27.7 Å². The van der Waals surface area contributed by atoms with Gasteiger partial charge >= 0.3 is 0 Å². The molecular formula is C12H9BrN4S. The topological polar surface area (TPSA) is 43.6 Å². The monoisotopic (exact) mass is 320 g/mol. The molecule has 0 unspecified atom stereocenters. The Hall–Kier alpha value is -1.40. The molecule has 0 aliphatic heterocycles. The largest absolute Gasteiger partial charge is 0.231 e. The summed E-state index contributed by atoms with van der Waals surface area (Å²) < 4.78 is 2.64. The van der Waals surface area contributed by atoms with Crippen molar-refractivity contribution in [3.63, 3.8) is 0 Å². The van der Waals surface area contributed by atoms with Gasteiger partial charge in [-0.3, -0.25) is 0 Å². The molecule has 4 nitrogen and oxygen atoms in total. The van der Waals surface area contributed by atoms with Crippen LogP contribution in [0.2, 0.25) is 0 Å². The summed E-state index contributed by atoms with van der Waals surface area (Å²) in [6, 6.07) is 9.88. The molecule has 0 aliphatic carbocycles. The van der Waals surface area contributed by atoms with Crippen molar-refractivity contribution in [1.29, 1.82) is 0 Å². The number of para-hydroxylation sites is 1. The zero-order valence-electron chi connectivity index (χ0n) is 9.54. The van der Waals surface area contributed by atoms with Gasteiger partial charge in [-0.05, 0) is 28.3 Å². The third-order valence-corrected chi connectivity index (χ3v) is 3.71. The highest BCUT2D eigenvalue weighted by Crippen LogP contribution is 2.25. The Labute approximate surface area is 117 Å². The molecule has 90 valence electrons. The molecule has 2 aromatic heterocycles. The fraction of sp³-hybridized carbons (Fsp3) is 0.0833. The van der Waals surface area contributed by atoms with Crippen LogP contribution in [0.15, 0.2) is 46.3 Å². The van der Waals surface area contributed by atoms with Gasteiger partial charge in [0.1, 0.15) is 4.60 Å². The van der Waals surface area contributed by atoms with E-state index in [-0.39, 0.29) is 0 Å². The number of hydrogen-bond donors (Lipinski definition) is 0. The zero-order chi connectivity index (χ0) is 12.5. The quantitative estimate of drug-likeness (QED) is 0.536. The highest BCUT2D eigenvalue weighted by atomic mass is 79.9. The van der Waals surface area contributed by atoms with Crippen LogP contribution in [-0.2, 0) is 0 Å².